The first-order valence-corrected chi connectivity index (χ1v) is 9.22. The summed E-state index contributed by atoms with van der Waals surface area (Å²) in [6, 6.07) is 17.7. The maximum Gasteiger partial charge on any atom is 0.335 e. The summed E-state index contributed by atoms with van der Waals surface area (Å²) in [5.41, 5.74) is 4.16. The van der Waals surface area contributed by atoms with Gasteiger partial charge in [-0.3, -0.25) is 4.79 Å². The Morgan fingerprint density at radius 1 is 1.03 bits per heavy atom. The van der Waals surface area contributed by atoms with Crippen molar-refractivity contribution in [2.24, 2.45) is 5.10 Å². The number of carbonyl (C=O) groups excluding carboxylic acids is 1. The first-order valence-electron chi connectivity index (χ1n) is 9.22. The Labute approximate surface area is 178 Å². The van der Waals surface area contributed by atoms with Gasteiger partial charge in [-0.15, -0.1) is 0 Å². The number of hydrogen-bond acceptors (Lipinski definition) is 6. The largest absolute Gasteiger partial charge is 0.507 e. The third-order valence-corrected chi connectivity index (χ3v) is 4.31. The number of hydrazone groups is 1. The Hall–Kier alpha value is -4.33. The van der Waals surface area contributed by atoms with Gasteiger partial charge in [0.1, 0.15) is 12.4 Å². The van der Waals surface area contributed by atoms with Crippen LogP contribution in [0.4, 0.5) is 0 Å². The number of phenols is 1. The number of phenolic OH excluding ortho intramolecular Hbond substituents is 1. The average Bonchev–Trinajstić information content (AvgIpc) is 2.78. The van der Waals surface area contributed by atoms with Gasteiger partial charge in [-0.1, -0.05) is 24.3 Å². The molecule has 3 aromatic rings. The van der Waals surface area contributed by atoms with Gasteiger partial charge in [0.2, 0.25) is 0 Å². The zero-order valence-electron chi connectivity index (χ0n) is 16.6. The number of carboxylic acid groups (broad SMARTS) is 1. The molecule has 0 saturated heterocycles. The summed E-state index contributed by atoms with van der Waals surface area (Å²) in [5, 5.41) is 22.5. The summed E-state index contributed by atoms with van der Waals surface area (Å²) in [6.45, 7) is 0.236. The molecule has 0 aliphatic carbocycles. The van der Waals surface area contributed by atoms with Gasteiger partial charge in [-0.05, 0) is 53.6 Å². The molecule has 0 radical (unpaired) electrons. The smallest absolute Gasteiger partial charge is 0.335 e. The third kappa shape index (κ3) is 5.60. The number of amides is 1. The monoisotopic (exact) mass is 420 g/mol. The predicted octanol–water partition coefficient (Wildman–Crippen LogP) is 3.44. The van der Waals surface area contributed by atoms with E-state index in [1.54, 1.807) is 42.5 Å². The van der Waals surface area contributed by atoms with E-state index < -0.39 is 11.9 Å². The van der Waals surface area contributed by atoms with Crippen LogP contribution in [0, 0.1) is 0 Å². The molecular formula is C23H20N2O6. The van der Waals surface area contributed by atoms with Crippen LogP contribution in [0.5, 0.6) is 17.2 Å². The van der Waals surface area contributed by atoms with Crippen LogP contribution >= 0.6 is 0 Å². The molecule has 0 aliphatic rings. The van der Waals surface area contributed by atoms with Crippen molar-refractivity contribution in [2.75, 3.05) is 7.11 Å². The Kier molecular flexibility index (Phi) is 6.85. The maximum absolute atomic E-state index is 12.0. The van der Waals surface area contributed by atoms with Crippen molar-refractivity contribution in [1.82, 2.24) is 5.43 Å². The molecular weight excluding hydrogens is 400 g/mol. The number of ether oxygens (including phenoxy) is 2. The number of nitrogens with one attached hydrogen (secondary N) is 1. The molecule has 3 aromatic carbocycles. The van der Waals surface area contributed by atoms with Gasteiger partial charge in [-0.2, -0.15) is 5.10 Å². The van der Waals surface area contributed by atoms with E-state index in [9.17, 15) is 14.7 Å². The Morgan fingerprint density at radius 2 is 1.77 bits per heavy atom. The molecule has 0 unspecified atom stereocenters. The van der Waals surface area contributed by atoms with E-state index in [2.05, 4.69) is 10.5 Å². The molecule has 8 heteroatoms. The Bertz CT molecular complexity index is 1110. The average molecular weight is 420 g/mol. The van der Waals surface area contributed by atoms with Crippen LogP contribution in [0.1, 0.15) is 31.8 Å². The van der Waals surface area contributed by atoms with Crippen molar-refractivity contribution in [3.8, 4) is 17.2 Å². The number of para-hydroxylation sites is 1. The van der Waals surface area contributed by atoms with E-state index >= 15 is 0 Å². The second-order valence-corrected chi connectivity index (χ2v) is 6.42. The number of hydrogen-bond donors (Lipinski definition) is 3. The number of rotatable bonds is 8. The lowest BCUT2D eigenvalue weighted by molar-refractivity contribution is 0.0696. The number of benzene rings is 3. The quantitative estimate of drug-likeness (QED) is 0.380. The van der Waals surface area contributed by atoms with E-state index in [4.69, 9.17) is 14.6 Å². The van der Waals surface area contributed by atoms with Crippen LogP contribution in [-0.4, -0.2) is 35.4 Å². The van der Waals surface area contributed by atoms with Gasteiger partial charge in [0.05, 0.1) is 24.5 Å². The highest BCUT2D eigenvalue weighted by Crippen LogP contribution is 2.28. The van der Waals surface area contributed by atoms with Gasteiger partial charge in [0.25, 0.3) is 5.91 Å². The van der Waals surface area contributed by atoms with Crippen molar-refractivity contribution in [2.45, 2.75) is 6.61 Å². The van der Waals surface area contributed by atoms with Gasteiger partial charge < -0.3 is 19.7 Å². The molecule has 0 aromatic heterocycles. The fourth-order valence-corrected chi connectivity index (χ4v) is 2.68. The molecule has 158 valence electrons. The molecule has 0 spiro atoms. The molecule has 1 amide bonds. The minimum Gasteiger partial charge on any atom is -0.507 e. The fourth-order valence-electron chi connectivity index (χ4n) is 2.68. The number of methoxy groups -OCH3 is 1. The van der Waals surface area contributed by atoms with E-state index in [1.165, 1.54) is 37.6 Å². The van der Waals surface area contributed by atoms with E-state index in [1.807, 2.05) is 0 Å². The van der Waals surface area contributed by atoms with Crippen LogP contribution < -0.4 is 14.9 Å². The lowest BCUT2D eigenvalue weighted by Crippen LogP contribution is -2.17. The maximum atomic E-state index is 12.0. The van der Waals surface area contributed by atoms with Crippen molar-refractivity contribution in [3.05, 3.63) is 89.0 Å². The van der Waals surface area contributed by atoms with Crippen molar-refractivity contribution in [3.63, 3.8) is 0 Å². The predicted molar refractivity (Wildman–Crippen MR) is 114 cm³/mol. The van der Waals surface area contributed by atoms with Gasteiger partial charge >= 0.3 is 5.97 Å². The van der Waals surface area contributed by atoms with Crippen LogP contribution in [-0.2, 0) is 6.61 Å². The van der Waals surface area contributed by atoms with Gasteiger partial charge in [0.15, 0.2) is 11.5 Å². The number of aromatic hydroxyl groups is 1. The number of nitrogens with zero attached hydrogens (tertiary/aromatic N) is 1. The first-order chi connectivity index (χ1) is 15.0. The van der Waals surface area contributed by atoms with Crippen LogP contribution in [0.2, 0.25) is 0 Å². The summed E-state index contributed by atoms with van der Waals surface area (Å²) in [7, 11) is 1.50. The van der Waals surface area contributed by atoms with Crippen LogP contribution in [0.15, 0.2) is 71.8 Å². The first kappa shape index (κ1) is 21.4. The molecule has 0 bridgehead atoms. The van der Waals surface area contributed by atoms with Crippen LogP contribution in [0.3, 0.4) is 0 Å². The Balaban J connectivity index is 1.62. The number of carboxylic acids is 1. The minimum atomic E-state index is -0.983. The summed E-state index contributed by atoms with van der Waals surface area (Å²) in [5.74, 6) is -0.673. The second-order valence-electron chi connectivity index (χ2n) is 6.42. The van der Waals surface area contributed by atoms with Crippen molar-refractivity contribution >= 4 is 18.1 Å². The SMILES string of the molecule is COc1cc(/C=N/NC(=O)c2ccccc2O)ccc1OCc1ccc(C(=O)O)cc1. The highest BCUT2D eigenvalue weighted by Gasteiger charge is 2.09. The van der Waals surface area contributed by atoms with E-state index in [0.29, 0.717) is 17.1 Å². The lowest BCUT2D eigenvalue weighted by atomic mass is 10.1. The normalized spacial score (nSPS) is 10.6. The second kappa shape index (κ2) is 9.93. The van der Waals surface area contributed by atoms with E-state index in [-0.39, 0.29) is 23.5 Å². The summed E-state index contributed by atoms with van der Waals surface area (Å²) < 4.78 is 11.1. The lowest BCUT2D eigenvalue weighted by Gasteiger charge is -2.11. The van der Waals surface area contributed by atoms with Crippen molar-refractivity contribution < 1.29 is 29.3 Å². The molecule has 0 saturated carbocycles. The zero-order chi connectivity index (χ0) is 22.2. The molecule has 0 fully saturated rings. The van der Waals surface area contributed by atoms with Crippen molar-refractivity contribution in [1.29, 1.82) is 0 Å². The summed E-state index contributed by atoms with van der Waals surface area (Å²) in [4.78, 5) is 23.0. The molecule has 3 N–H and O–H groups in total. The molecule has 3 rings (SSSR count). The molecule has 0 aliphatic heterocycles. The molecule has 31 heavy (non-hydrogen) atoms. The molecule has 8 nitrogen and oxygen atoms in total. The highest BCUT2D eigenvalue weighted by atomic mass is 16.5. The van der Waals surface area contributed by atoms with E-state index in [0.717, 1.165) is 5.56 Å². The minimum absolute atomic E-state index is 0.123. The zero-order valence-corrected chi connectivity index (χ0v) is 16.6. The van der Waals surface area contributed by atoms with Crippen LogP contribution in [0.25, 0.3) is 0 Å². The molecule has 0 heterocycles. The standard InChI is InChI=1S/C23H20N2O6/c1-30-21-12-16(13-24-25-22(27)18-4-2-3-5-19(18)26)8-11-20(21)31-14-15-6-9-17(10-7-15)23(28)29/h2-13,26H,14H2,1H3,(H,25,27)(H,28,29)/b24-13+. The molecule has 0 atom stereocenters. The Morgan fingerprint density at radius 3 is 2.45 bits per heavy atom. The summed E-state index contributed by atoms with van der Waals surface area (Å²) >= 11 is 0. The van der Waals surface area contributed by atoms with Gasteiger partial charge in [-0.25, -0.2) is 10.2 Å². The summed E-state index contributed by atoms with van der Waals surface area (Å²) in [6.07, 6.45) is 1.44. The highest BCUT2D eigenvalue weighted by molar-refractivity contribution is 5.97. The third-order valence-electron chi connectivity index (χ3n) is 4.31. The topological polar surface area (TPSA) is 117 Å². The number of aromatic carboxylic acids is 1. The van der Waals surface area contributed by atoms with Gasteiger partial charge in [0, 0.05) is 0 Å². The number of carbonyl (C=O) groups is 2. The fraction of sp³-hybridized carbons (Fsp3) is 0.0870.